The molecule has 0 atom stereocenters. The Kier molecular flexibility index (Phi) is 2.28. The summed E-state index contributed by atoms with van der Waals surface area (Å²) in [7, 11) is -3.56. The van der Waals surface area contributed by atoms with Crippen LogP contribution < -0.4 is 0 Å². The second-order valence-electron chi connectivity index (χ2n) is 2.37. The summed E-state index contributed by atoms with van der Waals surface area (Å²) in [5, 5.41) is 10.4. The number of nitrogens with zero attached hydrogens (tertiary/aromatic N) is 2. The van der Waals surface area contributed by atoms with Crippen molar-refractivity contribution in [1.29, 1.82) is 0 Å². The smallest absolute Gasteiger partial charge is 0.258 e. The minimum absolute atomic E-state index is 0.312. The van der Waals surface area contributed by atoms with Crippen molar-refractivity contribution < 1.29 is 13.3 Å². The van der Waals surface area contributed by atoms with Crippen molar-refractivity contribution >= 4 is 15.5 Å². The van der Waals surface area contributed by atoms with Crippen LogP contribution in [-0.2, 0) is 9.84 Å². The molecular weight excluding hydrogens is 196 g/mol. The summed E-state index contributed by atoms with van der Waals surface area (Å²) in [5.74, 6) is 0. The minimum atomic E-state index is -3.56. The summed E-state index contributed by atoms with van der Waals surface area (Å²) in [4.78, 5) is 12.8. The van der Waals surface area contributed by atoms with Gasteiger partial charge in [0.05, 0.1) is 4.92 Å². The zero-order valence-electron chi connectivity index (χ0n) is 6.67. The lowest BCUT2D eigenvalue weighted by Gasteiger charge is -1.97. The topological polar surface area (TPSA) is 90.2 Å². The van der Waals surface area contributed by atoms with Gasteiger partial charge in [0.25, 0.3) is 0 Å². The van der Waals surface area contributed by atoms with Crippen LogP contribution in [0.15, 0.2) is 23.4 Å². The van der Waals surface area contributed by atoms with Gasteiger partial charge in [-0.1, -0.05) is 0 Å². The van der Waals surface area contributed by atoms with Crippen LogP contribution in [0.2, 0.25) is 0 Å². The highest BCUT2D eigenvalue weighted by Gasteiger charge is 2.21. The SMILES string of the molecule is CS(=O)(=O)c1ccncc1[N+](=O)[O-]. The first-order valence-corrected chi connectivity index (χ1v) is 5.10. The van der Waals surface area contributed by atoms with Gasteiger partial charge in [0.15, 0.2) is 9.84 Å². The van der Waals surface area contributed by atoms with Crippen LogP contribution in [0.5, 0.6) is 0 Å². The highest BCUT2D eigenvalue weighted by molar-refractivity contribution is 7.90. The van der Waals surface area contributed by atoms with E-state index in [4.69, 9.17) is 0 Å². The molecule has 7 heteroatoms. The molecule has 0 radical (unpaired) electrons. The van der Waals surface area contributed by atoms with Crippen LogP contribution in [0.1, 0.15) is 0 Å². The highest BCUT2D eigenvalue weighted by Crippen LogP contribution is 2.20. The van der Waals surface area contributed by atoms with Crippen LogP contribution in [-0.4, -0.2) is 24.6 Å². The molecule has 1 aromatic heterocycles. The van der Waals surface area contributed by atoms with Gasteiger partial charge in [-0.3, -0.25) is 15.1 Å². The van der Waals surface area contributed by atoms with Crippen molar-refractivity contribution in [3.63, 3.8) is 0 Å². The summed E-state index contributed by atoms with van der Waals surface area (Å²) in [6, 6.07) is 1.10. The largest absolute Gasteiger partial charge is 0.306 e. The maximum absolute atomic E-state index is 11.0. The van der Waals surface area contributed by atoms with E-state index in [-0.39, 0.29) is 4.90 Å². The lowest BCUT2D eigenvalue weighted by molar-refractivity contribution is -0.388. The van der Waals surface area contributed by atoms with Gasteiger partial charge in [-0.15, -0.1) is 0 Å². The van der Waals surface area contributed by atoms with E-state index in [1.54, 1.807) is 0 Å². The number of aromatic nitrogens is 1. The van der Waals surface area contributed by atoms with E-state index in [9.17, 15) is 18.5 Å². The first kappa shape index (κ1) is 9.59. The van der Waals surface area contributed by atoms with Crippen LogP contribution in [0.4, 0.5) is 5.69 Å². The fourth-order valence-electron chi connectivity index (χ4n) is 0.824. The third-order valence-electron chi connectivity index (χ3n) is 1.36. The Morgan fingerprint density at radius 3 is 2.54 bits per heavy atom. The maximum atomic E-state index is 11.0. The molecule has 1 rings (SSSR count). The monoisotopic (exact) mass is 202 g/mol. The van der Waals surface area contributed by atoms with Gasteiger partial charge < -0.3 is 0 Å². The molecule has 6 nitrogen and oxygen atoms in total. The Bertz CT molecular complexity index is 440. The molecule has 70 valence electrons. The van der Waals surface area contributed by atoms with Crippen molar-refractivity contribution in [2.75, 3.05) is 6.26 Å². The highest BCUT2D eigenvalue weighted by atomic mass is 32.2. The Balaban J connectivity index is 3.46. The van der Waals surface area contributed by atoms with Crippen molar-refractivity contribution in [3.8, 4) is 0 Å². The molecule has 0 saturated heterocycles. The average Bonchev–Trinajstić information content (AvgIpc) is 2.03. The predicted molar refractivity (Wildman–Crippen MR) is 44.0 cm³/mol. The molecule has 1 aromatic rings. The maximum Gasteiger partial charge on any atom is 0.306 e. The summed E-state index contributed by atoms with van der Waals surface area (Å²) < 4.78 is 22.1. The molecule has 0 saturated carbocycles. The number of hydrogen-bond acceptors (Lipinski definition) is 5. The van der Waals surface area contributed by atoms with Gasteiger partial charge in [0.1, 0.15) is 11.1 Å². The molecule has 0 aromatic carbocycles. The lowest BCUT2D eigenvalue weighted by Crippen LogP contribution is -2.02. The van der Waals surface area contributed by atoms with Crippen molar-refractivity contribution in [2.45, 2.75) is 4.90 Å². The molecule has 0 aliphatic carbocycles. The van der Waals surface area contributed by atoms with Crippen molar-refractivity contribution in [2.24, 2.45) is 0 Å². The fraction of sp³-hybridized carbons (Fsp3) is 0.167. The third-order valence-corrected chi connectivity index (χ3v) is 2.50. The third kappa shape index (κ3) is 2.00. The van der Waals surface area contributed by atoms with E-state index >= 15 is 0 Å². The van der Waals surface area contributed by atoms with Gasteiger partial charge in [-0.2, -0.15) is 0 Å². The molecule has 13 heavy (non-hydrogen) atoms. The molecule has 0 N–H and O–H groups in total. The van der Waals surface area contributed by atoms with Gasteiger partial charge in [-0.05, 0) is 6.07 Å². The first-order valence-electron chi connectivity index (χ1n) is 3.21. The minimum Gasteiger partial charge on any atom is -0.258 e. The van der Waals surface area contributed by atoms with Crippen LogP contribution in [0, 0.1) is 10.1 Å². The summed E-state index contributed by atoms with van der Waals surface area (Å²) in [6.07, 6.45) is 3.02. The second-order valence-corrected chi connectivity index (χ2v) is 4.36. The Morgan fingerprint density at radius 1 is 1.54 bits per heavy atom. The molecule has 0 fully saturated rings. The Labute approximate surface area is 74.3 Å². The summed E-state index contributed by atoms with van der Waals surface area (Å²) in [5.41, 5.74) is -0.495. The number of rotatable bonds is 2. The fourth-order valence-corrected chi connectivity index (χ4v) is 1.64. The molecule has 1 heterocycles. The number of nitro groups is 1. The van der Waals surface area contributed by atoms with Crippen LogP contribution >= 0.6 is 0 Å². The van der Waals surface area contributed by atoms with Gasteiger partial charge in [-0.25, -0.2) is 8.42 Å². The molecule has 0 aliphatic heterocycles. The normalized spacial score (nSPS) is 11.2. The standard InChI is InChI=1S/C6H6N2O4S/c1-13(11,12)6-2-3-7-4-5(6)8(9)10/h2-4H,1H3. The van der Waals surface area contributed by atoms with E-state index in [1.807, 2.05) is 0 Å². The van der Waals surface area contributed by atoms with E-state index in [0.29, 0.717) is 0 Å². The average molecular weight is 202 g/mol. The quantitative estimate of drug-likeness (QED) is 0.511. The van der Waals surface area contributed by atoms with E-state index in [0.717, 1.165) is 18.5 Å². The molecule has 0 unspecified atom stereocenters. The van der Waals surface area contributed by atoms with E-state index in [1.165, 1.54) is 6.20 Å². The van der Waals surface area contributed by atoms with Crippen molar-refractivity contribution in [3.05, 3.63) is 28.6 Å². The van der Waals surface area contributed by atoms with E-state index in [2.05, 4.69) is 4.98 Å². The molecule has 0 spiro atoms. The molecule has 0 amide bonds. The van der Waals surface area contributed by atoms with Gasteiger partial charge in [0, 0.05) is 12.5 Å². The number of hydrogen-bond donors (Lipinski definition) is 0. The van der Waals surface area contributed by atoms with Crippen LogP contribution in [0.3, 0.4) is 0 Å². The van der Waals surface area contributed by atoms with E-state index < -0.39 is 20.4 Å². The van der Waals surface area contributed by atoms with Crippen molar-refractivity contribution in [1.82, 2.24) is 4.98 Å². The first-order chi connectivity index (χ1) is 5.93. The molecular formula is C6H6N2O4S. The zero-order valence-corrected chi connectivity index (χ0v) is 7.48. The summed E-state index contributed by atoms with van der Waals surface area (Å²) in [6.45, 7) is 0. The molecule has 0 bridgehead atoms. The Morgan fingerprint density at radius 2 is 2.15 bits per heavy atom. The Hall–Kier alpha value is -1.50. The summed E-state index contributed by atoms with van der Waals surface area (Å²) >= 11 is 0. The van der Waals surface area contributed by atoms with Gasteiger partial charge in [0.2, 0.25) is 0 Å². The lowest BCUT2D eigenvalue weighted by atomic mass is 10.4. The van der Waals surface area contributed by atoms with Crippen LogP contribution in [0.25, 0.3) is 0 Å². The number of sulfone groups is 1. The predicted octanol–water partition coefficient (Wildman–Crippen LogP) is 0.393. The number of pyridine rings is 1. The molecule has 0 aliphatic rings. The second kappa shape index (κ2) is 3.09. The van der Waals surface area contributed by atoms with Gasteiger partial charge >= 0.3 is 5.69 Å². The zero-order chi connectivity index (χ0) is 10.1.